The maximum atomic E-state index is 13.2. The lowest BCUT2D eigenvalue weighted by Gasteiger charge is -2.21. The standard InChI is InChI=1S/C22H19FN2O4S.C21H20N2O3S.C18H17NO4.C16H16N2O5S.C15H14N2O4S/c1-15(26)16-9-13-19(14-10-16)25(2)30(28,29)21-6-4-3-5-20(21)24-22(27)17-7-11-18(23)12-8-17;1-16-12-14-17(15-13-16)21(24)22-19-10-6-7-11-20(19)27(25,26)23(2)18-8-4-3-5-9-18;1-12(20)15-5-3-4-6-16(15)17(21)19(2)11-13-7-9-14(10-8-13)18(22)23;1-18(24(2,22)23)12-7-5-6-11(10-12)17-15(19)13-8-3-4-9-14(13)16(20)21;1-16-22(20,21)11-8-6-10(7-9-11)17-14(18)12-4-2-3-5-13(12)15(17)19/h3-14H,1-2H3,(H,24,27);3-15H,1-2H3,(H,22,24);3-10H,11H2,1-2H3,(H,22,23);3-10H,1-2H3,(H,17,19)(H,20,21);2-9,14,16,18H,1H3. The number of Topliss-reactive ketones (excluding diaryl/α,β-unsaturated/α-hetero) is 2. The lowest BCUT2D eigenvalue weighted by atomic mass is 10.0. The van der Waals surface area contributed by atoms with Crippen LogP contribution < -0.4 is 38.5 Å². The number of halogens is 1. The minimum Gasteiger partial charge on any atom is -0.478 e. The highest BCUT2D eigenvalue weighted by Crippen LogP contribution is 2.37. The minimum absolute atomic E-state index is 0.0203. The Bertz CT molecular complexity index is 6540. The topological polar surface area (TPSA) is 415 Å². The molecule has 650 valence electrons. The van der Waals surface area contributed by atoms with Gasteiger partial charge in [-0.2, -0.15) is 0 Å². The molecule has 0 saturated carbocycles. The number of hydrogen-bond donors (Lipinski definition) is 7. The van der Waals surface area contributed by atoms with Crippen molar-refractivity contribution in [1.29, 1.82) is 0 Å². The summed E-state index contributed by atoms with van der Waals surface area (Å²) in [6.45, 7) is 5.11. The van der Waals surface area contributed by atoms with Crippen molar-refractivity contribution >= 4 is 133 Å². The smallest absolute Gasteiger partial charge is 0.336 e. The van der Waals surface area contributed by atoms with Gasteiger partial charge < -0.3 is 36.2 Å². The highest BCUT2D eigenvalue weighted by atomic mass is 32.2. The van der Waals surface area contributed by atoms with Crippen molar-refractivity contribution in [2.75, 3.05) is 75.3 Å². The van der Waals surface area contributed by atoms with Gasteiger partial charge in [0.05, 0.1) is 61.8 Å². The Morgan fingerprint density at radius 3 is 1.39 bits per heavy atom. The molecule has 0 spiro atoms. The largest absolute Gasteiger partial charge is 0.478 e. The quantitative estimate of drug-likeness (QED) is 0.0276. The average Bonchev–Trinajstić information content (AvgIpc) is 1.57. The predicted molar refractivity (Wildman–Crippen MR) is 478 cm³/mol. The fraction of sp³-hybridized carbons (Fsp3) is 0.120. The molecule has 1 aliphatic rings. The first-order valence-electron chi connectivity index (χ1n) is 37.9. The number of para-hydroxylation sites is 3. The van der Waals surface area contributed by atoms with E-state index in [9.17, 15) is 86.3 Å². The van der Waals surface area contributed by atoms with Crippen LogP contribution in [0.1, 0.15) is 130 Å². The summed E-state index contributed by atoms with van der Waals surface area (Å²) in [7, 11) is -7.57. The zero-order valence-corrected chi connectivity index (χ0v) is 72.4. The van der Waals surface area contributed by atoms with Gasteiger partial charge in [-0.1, -0.05) is 127 Å². The Hall–Kier alpha value is -14.7. The SMILES string of the molecule is CC(=O)c1ccc(N(C)S(=O)(=O)c2ccccc2NC(=O)c2ccc(F)cc2)cc1.CC(=O)c1ccccc1C(=O)N(C)Cc1ccc(C(=O)O)cc1.CN(c1cccc(NC(=O)c2ccccc2C(=O)O)c1)S(C)(=O)=O.CNS(=O)(=O)c1ccc(N2C(=O)c3ccccc3C2O)cc1.Cc1ccc(C(=O)Nc2ccccc2S(=O)(=O)N(C)c2ccccc2)cc1. The van der Waals surface area contributed by atoms with Crippen molar-refractivity contribution in [1.82, 2.24) is 9.62 Å². The van der Waals surface area contributed by atoms with Crippen LogP contribution in [0.15, 0.2) is 312 Å². The molecular formula is C92H86FN9O20S4. The van der Waals surface area contributed by atoms with Crippen molar-refractivity contribution < 1.29 is 96.5 Å². The third kappa shape index (κ3) is 24.0. The summed E-state index contributed by atoms with van der Waals surface area (Å²) in [5.41, 5.74) is 7.23. The Morgan fingerprint density at radius 2 is 0.889 bits per heavy atom. The number of nitrogens with zero attached hydrogens (tertiary/aromatic N) is 5. The van der Waals surface area contributed by atoms with Crippen LogP contribution >= 0.6 is 0 Å². The monoisotopic (exact) mass is 1780 g/mol. The number of aromatic carboxylic acids is 2. The second kappa shape index (κ2) is 41.9. The van der Waals surface area contributed by atoms with Crippen LogP contribution in [0.3, 0.4) is 0 Å². The number of aryl methyl sites for hydroxylation is 1. The van der Waals surface area contributed by atoms with Gasteiger partial charge in [0, 0.05) is 79.5 Å². The van der Waals surface area contributed by atoms with E-state index in [1.165, 1.54) is 159 Å². The van der Waals surface area contributed by atoms with Gasteiger partial charge in [0.15, 0.2) is 17.8 Å². The molecule has 126 heavy (non-hydrogen) atoms. The number of sulfonamides is 4. The van der Waals surface area contributed by atoms with Crippen LogP contribution in [-0.4, -0.2) is 148 Å². The Morgan fingerprint density at radius 1 is 0.437 bits per heavy atom. The number of carboxylic acid groups (broad SMARTS) is 2. The molecule has 0 radical (unpaired) electrons. The number of rotatable bonds is 24. The van der Waals surface area contributed by atoms with Crippen molar-refractivity contribution in [2.45, 2.75) is 48.2 Å². The molecule has 1 unspecified atom stereocenters. The third-order valence-electron chi connectivity index (χ3n) is 19.2. The normalized spacial score (nSPS) is 12.0. The Labute approximate surface area is 727 Å². The number of aliphatic hydroxyl groups is 1. The van der Waals surface area contributed by atoms with Gasteiger partial charge in [0.2, 0.25) is 20.0 Å². The summed E-state index contributed by atoms with van der Waals surface area (Å²) in [6, 6.07) is 77.1. The molecule has 34 heteroatoms. The van der Waals surface area contributed by atoms with Gasteiger partial charge in [-0.25, -0.2) is 52.4 Å². The number of amides is 5. The molecule has 5 amide bonds. The molecule has 12 aromatic rings. The molecule has 13 rings (SSSR count). The summed E-state index contributed by atoms with van der Waals surface area (Å²) >= 11 is 0. The van der Waals surface area contributed by atoms with Gasteiger partial charge in [0.1, 0.15) is 15.6 Å². The first-order chi connectivity index (χ1) is 59.6. The van der Waals surface area contributed by atoms with Gasteiger partial charge >= 0.3 is 11.9 Å². The number of carbonyl (C=O) groups excluding carboxylic acids is 7. The van der Waals surface area contributed by atoms with E-state index in [2.05, 4.69) is 20.7 Å². The zero-order chi connectivity index (χ0) is 92.1. The van der Waals surface area contributed by atoms with Crippen molar-refractivity contribution in [2.24, 2.45) is 0 Å². The molecule has 7 N–H and O–H groups in total. The van der Waals surface area contributed by atoms with E-state index in [4.69, 9.17) is 10.2 Å². The van der Waals surface area contributed by atoms with Gasteiger partial charge in [0.25, 0.3) is 49.6 Å². The molecule has 0 bridgehead atoms. The third-order valence-corrected chi connectivity index (χ3v) is 25.5. The Kier molecular flexibility index (Phi) is 31.7. The van der Waals surface area contributed by atoms with E-state index in [-0.39, 0.29) is 77.6 Å². The Balaban J connectivity index is 0.000000179. The van der Waals surface area contributed by atoms with Crippen LogP contribution in [0.25, 0.3) is 0 Å². The van der Waals surface area contributed by atoms with Crippen molar-refractivity contribution in [3.63, 3.8) is 0 Å². The number of benzene rings is 12. The predicted octanol–water partition coefficient (Wildman–Crippen LogP) is 14.3. The highest BCUT2D eigenvalue weighted by Gasteiger charge is 2.37. The van der Waals surface area contributed by atoms with E-state index in [0.29, 0.717) is 68.4 Å². The molecule has 1 aliphatic heterocycles. The van der Waals surface area contributed by atoms with Crippen LogP contribution in [0.4, 0.5) is 44.2 Å². The fourth-order valence-electron chi connectivity index (χ4n) is 12.2. The van der Waals surface area contributed by atoms with E-state index >= 15 is 0 Å². The lowest BCUT2D eigenvalue weighted by Crippen LogP contribution is -2.28. The fourth-order valence-corrected chi connectivity index (χ4v) is 16.1. The van der Waals surface area contributed by atoms with Gasteiger partial charge in [-0.05, 0) is 209 Å². The average molecular weight is 1790 g/mol. The van der Waals surface area contributed by atoms with Gasteiger partial charge in [-0.3, -0.25) is 51.4 Å². The number of carboxylic acids is 2. The second-order valence-corrected chi connectivity index (χ2v) is 35.6. The summed E-state index contributed by atoms with van der Waals surface area (Å²) in [4.78, 5) is 110. The highest BCUT2D eigenvalue weighted by molar-refractivity contribution is 7.93. The first kappa shape index (κ1) is 95.2. The van der Waals surface area contributed by atoms with E-state index < -0.39 is 75.9 Å². The van der Waals surface area contributed by atoms with Crippen LogP contribution in [-0.2, 0) is 46.6 Å². The molecule has 0 aromatic heterocycles. The van der Waals surface area contributed by atoms with E-state index in [1.54, 1.807) is 171 Å². The number of fused-ring (bicyclic) bond motifs is 1. The number of carbonyl (C=O) groups is 9. The number of ketones is 2. The van der Waals surface area contributed by atoms with Crippen LogP contribution in [0.5, 0.6) is 0 Å². The summed E-state index contributed by atoms with van der Waals surface area (Å²) < 4.78 is 118. The lowest BCUT2D eigenvalue weighted by molar-refractivity contribution is 0.0684. The second-order valence-electron chi connectivity index (χ2n) is 27.8. The number of hydrogen-bond acceptors (Lipinski definition) is 18. The molecule has 12 aromatic carbocycles. The molecule has 1 heterocycles. The summed E-state index contributed by atoms with van der Waals surface area (Å²) in [5, 5.41) is 36.2. The molecule has 29 nitrogen and oxygen atoms in total. The molecule has 0 fully saturated rings. The van der Waals surface area contributed by atoms with E-state index in [0.717, 1.165) is 38.1 Å². The number of nitrogens with one attached hydrogen (secondary N) is 4. The number of anilines is 7. The molecule has 0 saturated heterocycles. The minimum atomic E-state index is -4.02. The van der Waals surface area contributed by atoms with Crippen LogP contribution in [0, 0.1) is 12.7 Å². The van der Waals surface area contributed by atoms with Crippen molar-refractivity contribution in [3.8, 4) is 0 Å². The van der Waals surface area contributed by atoms with Crippen molar-refractivity contribution in [3.05, 3.63) is 370 Å². The maximum Gasteiger partial charge on any atom is 0.336 e. The summed E-state index contributed by atoms with van der Waals surface area (Å²) in [6.07, 6.45) is -0.00286. The maximum absolute atomic E-state index is 13.2. The first-order valence-corrected chi connectivity index (χ1v) is 44.1. The molecular weight excluding hydrogens is 1700 g/mol. The van der Waals surface area contributed by atoms with E-state index in [1.807, 2.05) is 25.1 Å². The van der Waals surface area contributed by atoms with Gasteiger partial charge in [-0.15, -0.1) is 0 Å². The molecule has 1 atom stereocenters. The van der Waals surface area contributed by atoms with Crippen LogP contribution in [0.2, 0.25) is 0 Å². The summed E-state index contributed by atoms with van der Waals surface area (Å²) in [5.74, 6) is -5.03. The number of aliphatic hydroxyl groups excluding tert-OH is 1. The zero-order valence-electron chi connectivity index (χ0n) is 69.1. The molecule has 0 aliphatic carbocycles.